The van der Waals surface area contributed by atoms with E-state index in [9.17, 15) is 4.79 Å². The molecular weight excluding hydrogens is 352 g/mol. The van der Waals surface area contributed by atoms with E-state index in [1.807, 2.05) is 30.4 Å². The van der Waals surface area contributed by atoms with Gasteiger partial charge in [0.1, 0.15) is 5.82 Å². The summed E-state index contributed by atoms with van der Waals surface area (Å²) in [6.07, 6.45) is 6.31. The van der Waals surface area contributed by atoms with Gasteiger partial charge >= 0.3 is 0 Å². The van der Waals surface area contributed by atoms with Crippen molar-refractivity contribution in [1.29, 1.82) is 0 Å². The number of ether oxygens (including phenoxy) is 1. The number of morpholine rings is 1. The predicted molar refractivity (Wildman–Crippen MR) is 108 cm³/mol. The van der Waals surface area contributed by atoms with E-state index in [0.717, 1.165) is 51.4 Å². The Labute approximate surface area is 167 Å². The molecule has 1 atom stereocenters. The minimum Gasteiger partial charge on any atom is -0.375 e. The Bertz CT molecular complexity index is 768. The smallest absolute Gasteiger partial charge is 0.225 e. The molecule has 2 saturated heterocycles. The molecule has 6 nitrogen and oxygen atoms in total. The first-order chi connectivity index (χ1) is 13.7. The zero-order valence-corrected chi connectivity index (χ0v) is 16.7. The highest BCUT2D eigenvalue weighted by Crippen LogP contribution is 2.27. The van der Waals surface area contributed by atoms with Crippen LogP contribution in [0.2, 0.25) is 0 Å². The highest BCUT2D eigenvalue weighted by molar-refractivity contribution is 5.76. The number of nitrogens with zero attached hydrogens (tertiary/aromatic N) is 4. The highest BCUT2D eigenvalue weighted by atomic mass is 16.5. The SMILES string of the molecule is Cn1ccnc1C1CCN(C(=O)C[C@@H]2CN(Cc3ccccc3)CCO2)CC1. The molecule has 0 aliphatic carbocycles. The quantitative estimate of drug-likeness (QED) is 0.797. The Morgan fingerprint density at radius 3 is 2.68 bits per heavy atom. The summed E-state index contributed by atoms with van der Waals surface area (Å²) in [4.78, 5) is 21.7. The molecule has 1 aromatic carbocycles. The third kappa shape index (κ3) is 4.62. The van der Waals surface area contributed by atoms with Gasteiger partial charge in [0.2, 0.25) is 5.91 Å². The Morgan fingerprint density at radius 1 is 1.18 bits per heavy atom. The molecule has 28 heavy (non-hydrogen) atoms. The molecule has 0 saturated carbocycles. The standard InChI is InChI=1S/C22H30N4O2/c1-24-12-9-23-22(24)19-7-10-26(11-8-19)21(27)15-20-17-25(13-14-28-20)16-18-5-3-2-4-6-18/h2-6,9,12,19-20H,7-8,10-11,13-17H2,1H3/t20-/m1/s1. The van der Waals surface area contributed by atoms with E-state index < -0.39 is 0 Å². The van der Waals surface area contributed by atoms with Crippen molar-refractivity contribution in [2.75, 3.05) is 32.8 Å². The molecule has 1 aromatic heterocycles. The van der Waals surface area contributed by atoms with Crippen molar-refractivity contribution < 1.29 is 9.53 Å². The largest absolute Gasteiger partial charge is 0.375 e. The number of hydrogen-bond acceptors (Lipinski definition) is 4. The van der Waals surface area contributed by atoms with Crippen molar-refractivity contribution in [1.82, 2.24) is 19.4 Å². The lowest BCUT2D eigenvalue weighted by atomic mass is 9.95. The molecule has 150 valence electrons. The van der Waals surface area contributed by atoms with Crippen molar-refractivity contribution in [3.05, 3.63) is 54.1 Å². The summed E-state index contributed by atoms with van der Waals surface area (Å²) in [7, 11) is 2.04. The number of aromatic nitrogens is 2. The van der Waals surface area contributed by atoms with Crippen LogP contribution in [-0.2, 0) is 23.1 Å². The van der Waals surface area contributed by atoms with Gasteiger partial charge in [-0.05, 0) is 18.4 Å². The molecule has 0 radical (unpaired) electrons. The minimum atomic E-state index is -0.00257. The van der Waals surface area contributed by atoms with Crippen LogP contribution in [0.25, 0.3) is 0 Å². The molecule has 2 aliphatic heterocycles. The van der Waals surface area contributed by atoms with E-state index in [4.69, 9.17) is 4.74 Å². The lowest BCUT2D eigenvalue weighted by Crippen LogP contribution is -2.46. The number of carbonyl (C=O) groups excluding carboxylic acids is 1. The molecule has 2 fully saturated rings. The van der Waals surface area contributed by atoms with E-state index >= 15 is 0 Å². The number of benzene rings is 1. The van der Waals surface area contributed by atoms with Gasteiger partial charge in [-0.2, -0.15) is 0 Å². The van der Waals surface area contributed by atoms with Crippen molar-refractivity contribution in [3.63, 3.8) is 0 Å². The van der Waals surface area contributed by atoms with Gasteiger partial charge in [-0.25, -0.2) is 4.98 Å². The van der Waals surface area contributed by atoms with Crippen LogP contribution in [0.5, 0.6) is 0 Å². The zero-order chi connectivity index (χ0) is 19.3. The van der Waals surface area contributed by atoms with Crippen molar-refractivity contribution >= 4 is 5.91 Å². The Balaban J connectivity index is 1.25. The van der Waals surface area contributed by atoms with Gasteiger partial charge in [0.15, 0.2) is 0 Å². The summed E-state index contributed by atoms with van der Waals surface area (Å²) in [5.74, 6) is 1.82. The van der Waals surface area contributed by atoms with Crippen LogP contribution in [0, 0.1) is 0 Å². The van der Waals surface area contributed by atoms with Gasteiger partial charge in [-0.15, -0.1) is 0 Å². The number of aryl methyl sites for hydroxylation is 1. The number of likely N-dealkylation sites (tertiary alicyclic amines) is 1. The van der Waals surface area contributed by atoms with Gasteiger partial charge in [0, 0.05) is 58.1 Å². The van der Waals surface area contributed by atoms with E-state index in [-0.39, 0.29) is 12.0 Å². The predicted octanol–water partition coefficient (Wildman–Crippen LogP) is 2.42. The van der Waals surface area contributed by atoms with Crippen LogP contribution in [0.15, 0.2) is 42.7 Å². The Kier molecular flexibility index (Phi) is 6.07. The lowest BCUT2D eigenvalue weighted by molar-refractivity contribution is -0.137. The molecule has 2 aromatic rings. The van der Waals surface area contributed by atoms with Crippen molar-refractivity contribution in [3.8, 4) is 0 Å². The summed E-state index contributed by atoms with van der Waals surface area (Å²) in [5, 5.41) is 0. The number of amides is 1. The maximum atomic E-state index is 12.8. The Hall–Kier alpha value is -2.18. The molecule has 0 unspecified atom stereocenters. The lowest BCUT2D eigenvalue weighted by Gasteiger charge is -2.35. The second-order valence-corrected chi connectivity index (χ2v) is 7.97. The molecule has 1 amide bonds. The first-order valence-corrected chi connectivity index (χ1v) is 10.3. The fourth-order valence-electron chi connectivity index (χ4n) is 4.37. The highest BCUT2D eigenvalue weighted by Gasteiger charge is 2.29. The monoisotopic (exact) mass is 382 g/mol. The second-order valence-electron chi connectivity index (χ2n) is 7.97. The summed E-state index contributed by atoms with van der Waals surface area (Å²) in [6.45, 7) is 5.00. The third-order valence-electron chi connectivity index (χ3n) is 5.95. The molecule has 0 spiro atoms. The molecule has 6 heteroatoms. The summed E-state index contributed by atoms with van der Waals surface area (Å²) in [5.41, 5.74) is 1.31. The molecule has 0 bridgehead atoms. The van der Waals surface area contributed by atoms with Crippen LogP contribution in [0.3, 0.4) is 0 Å². The number of piperidine rings is 1. The van der Waals surface area contributed by atoms with Gasteiger partial charge in [0.05, 0.1) is 19.1 Å². The van der Waals surface area contributed by atoms with Crippen molar-refractivity contribution in [2.45, 2.75) is 37.8 Å². The second kappa shape index (κ2) is 8.88. The van der Waals surface area contributed by atoms with Gasteiger partial charge in [0.25, 0.3) is 0 Å². The first kappa shape index (κ1) is 19.2. The fraction of sp³-hybridized carbons (Fsp3) is 0.545. The summed E-state index contributed by atoms with van der Waals surface area (Å²) >= 11 is 0. The summed E-state index contributed by atoms with van der Waals surface area (Å²) < 4.78 is 8.00. The molecule has 4 rings (SSSR count). The topological polar surface area (TPSA) is 50.6 Å². The maximum absolute atomic E-state index is 12.8. The van der Waals surface area contributed by atoms with Crippen LogP contribution in [-0.4, -0.2) is 64.1 Å². The average Bonchev–Trinajstić information content (AvgIpc) is 3.15. The first-order valence-electron chi connectivity index (χ1n) is 10.3. The van der Waals surface area contributed by atoms with E-state index in [0.29, 0.717) is 18.9 Å². The van der Waals surface area contributed by atoms with Gasteiger partial charge in [-0.1, -0.05) is 30.3 Å². The average molecular weight is 383 g/mol. The molecule has 2 aliphatic rings. The molecular formula is C22H30N4O2. The molecule has 3 heterocycles. The van der Waals surface area contributed by atoms with Crippen LogP contribution in [0.1, 0.15) is 36.6 Å². The van der Waals surface area contributed by atoms with Crippen LogP contribution >= 0.6 is 0 Å². The van der Waals surface area contributed by atoms with E-state index in [2.05, 4.69) is 38.7 Å². The third-order valence-corrected chi connectivity index (χ3v) is 5.95. The van der Waals surface area contributed by atoms with Gasteiger partial charge in [-0.3, -0.25) is 9.69 Å². The van der Waals surface area contributed by atoms with Crippen LogP contribution < -0.4 is 0 Å². The number of imidazole rings is 1. The fourth-order valence-corrected chi connectivity index (χ4v) is 4.37. The zero-order valence-electron chi connectivity index (χ0n) is 16.7. The maximum Gasteiger partial charge on any atom is 0.225 e. The van der Waals surface area contributed by atoms with Gasteiger partial charge < -0.3 is 14.2 Å². The van der Waals surface area contributed by atoms with E-state index in [1.54, 1.807) is 0 Å². The minimum absolute atomic E-state index is 0.00257. The van der Waals surface area contributed by atoms with Crippen LogP contribution in [0.4, 0.5) is 0 Å². The summed E-state index contributed by atoms with van der Waals surface area (Å²) in [6, 6.07) is 10.5. The van der Waals surface area contributed by atoms with E-state index in [1.165, 1.54) is 5.56 Å². The number of rotatable bonds is 5. The normalized spacial score (nSPS) is 21.8. The number of hydrogen-bond donors (Lipinski definition) is 0. The Morgan fingerprint density at radius 2 is 1.96 bits per heavy atom. The number of carbonyl (C=O) groups is 1. The van der Waals surface area contributed by atoms with Crippen molar-refractivity contribution in [2.24, 2.45) is 7.05 Å². The molecule has 0 N–H and O–H groups in total.